The van der Waals surface area contributed by atoms with E-state index in [4.69, 9.17) is 0 Å². The summed E-state index contributed by atoms with van der Waals surface area (Å²) in [5, 5.41) is 10.0. The summed E-state index contributed by atoms with van der Waals surface area (Å²) in [7, 11) is 0. The zero-order valence-corrected chi connectivity index (χ0v) is 28.6. The quantitative estimate of drug-likeness (QED) is 0.161. The summed E-state index contributed by atoms with van der Waals surface area (Å²) in [5.41, 5.74) is 12.4. The molecule has 0 saturated carbocycles. The Balaban J connectivity index is 1.36. The lowest BCUT2D eigenvalue weighted by Crippen LogP contribution is -1.95. The van der Waals surface area contributed by atoms with Crippen molar-refractivity contribution in [2.45, 2.75) is 0 Å². The van der Waals surface area contributed by atoms with Gasteiger partial charge in [-0.05, 0) is 105 Å². The molecule has 0 bridgehead atoms. The average Bonchev–Trinajstić information content (AvgIpc) is 3.22. The van der Waals surface area contributed by atoms with E-state index in [2.05, 4.69) is 206 Å². The van der Waals surface area contributed by atoms with Crippen LogP contribution in [0.2, 0.25) is 0 Å². The molecule has 0 fully saturated rings. The van der Waals surface area contributed by atoms with Gasteiger partial charge in [-0.25, -0.2) is 0 Å². The molecule has 0 aliphatic carbocycles. The molecule has 10 aromatic carbocycles. The Morgan fingerprint density at radius 3 is 1.40 bits per heavy atom. The molecule has 0 radical (unpaired) electrons. The van der Waals surface area contributed by atoms with Crippen LogP contribution in [0.5, 0.6) is 0 Å². The predicted molar refractivity (Wildman–Crippen MR) is 224 cm³/mol. The number of hydrogen-bond acceptors (Lipinski definition) is 0. The maximum absolute atomic E-state index is 2.40. The van der Waals surface area contributed by atoms with Crippen LogP contribution in [0, 0.1) is 0 Å². The highest BCUT2D eigenvalue weighted by atomic mass is 14.2. The smallest absolute Gasteiger partial charge is 0.00139 e. The van der Waals surface area contributed by atoms with Gasteiger partial charge in [0.05, 0.1) is 0 Å². The number of fused-ring (bicyclic) bond motifs is 4. The lowest BCUT2D eigenvalue weighted by Gasteiger charge is -2.22. The van der Waals surface area contributed by atoms with E-state index in [0.29, 0.717) is 0 Å². The predicted octanol–water partition coefficient (Wildman–Crippen LogP) is 14.6. The van der Waals surface area contributed by atoms with Crippen LogP contribution < -0.4 is 0 Å². The second-order valence-corrected chi connectivity index (χ2v) is 13.6. The van der Waals surface area contributed by atoms with Crippen molar-refractivity contribution in [2.24, 2.45) is 0 Å². The lowest BCUT2D eigenvalue weighted by molar-refractivity contribution is 1.59. The Labute approximate surface area is 303 Å². The van der Waals surface area contributed by atoms with Crippen molar-refractivity contribution in [1.82, 2.24) is 0 Å². The van der Waals surface area contributed by atoms with Crippen molar-refractivity contribution < 1.29 is 0 Å². The zero-order valence-electron chi connectivity index (χ0n) is 28.6. The van der Waals surface area contributed by atoms with E-state index in [-0.39, 0.29) is 0 Å². The average molecular weight is 659 g/mol. The third-order valence-electron chi connectivity index (χ3n) is 10.7. The molecule has 0 N–H and O–H groups in total. The van der Waals surface area contributed by atoms with Crippen LogP contribution in [-0.4, -0.2) is 0 Å². The maximum Gasteiger partial charge on any atom is -0.00139 e. The van der Waals surface area contributed by atoms with Crippen molar-refractivity contribution in [3.8, 4) is 55.6 Å². The molecule has 0 aliphatic heterocycles. The van der Waals surface area contributed by atoms with Gasteiger partial charge in [-0.1, -0.05) is 200 Å². The van der Waals surface area contributed by atoms with E-state index in [1.807, 2.05) is 0 Å². The minimum atomic E-state index is 1.21. The summed E-state index contributed by atoms with van der Waals surface area (Å²) >= 11 is 0. The van der Waals surface area contributed by atoms with Crippen LogP contribution in [0.15, 0.2) is 206 Å². The molecule has 0 aliphatic rings. The Hall–Kier alpha value is -6.76. The zero-order chi connectivity index (χ0) is 34.4. The Morgan fingerprint density at radius 2 is 0.654 bits per heavy atom. The minimum Gasteiger partial charge on any atom is -0.0622 e. The van der Waals surface area contributed by atoms with E-state index >= 15 is 0 Å². The molecule has 0 aromatic heterocycles. The molecule has 10 rings (SSSR count). The molecule has 0 unspecified atom stereocenters. The highest BCUT2D eigenvalue weighted by Gasteiger charge is 2.22. The highest BCUT2D eigenvalue weighted by Crippen LogP contribution is 2.49. The van der Waals surface area contributed by atoms with Gasteiger partial charge in [-0.3, -0.25) is 0 Å². The van der Waals surface area contributed by atoms with Gasteiger partial charge in [0.2, 0.25) is 0 Å². The third-order valence-corrected chi connectivity index (χ3v) is 10.7. The van der Waals surface area contributed by atoms with Gasteiger partial charge in [0.1, 0.15) is 0 Å². The van der Waals surface area contributed by atoms with E-state index in [1.54, 1.807) is 0 Å². The van der Waals surface area contributed by atoms with Crippen LogP contribution in [0.1, 0.15) is 0 Å². The van der Waals surface area contributed by atoms with Crippen molar-refractivity contribution >= 4 is 43.1 Å². The minimum absolute atomic E-state index is 1.21. The van der Waals surface area contributed by atoms with Gasteiger partial charge in [0, 0.05) is 0 Å². The second-order valence-electron chi connectivity index (χ2n) is 13.6. The normalized spacial score (nSPS) is 11.5. The van der Waals surface area contributed by atoms with Crippen LogP contribution in [0.3, 0.4) is 0 Å². The standard InChI is InChI=1S/C52H34/c1-2-16-35(17-3-1)41-25-8-9-27-44(41)46-32-15-33-49-51(45-31-14-21-37-19-5-7-26-42(37)45)48-29-11-10-28-47(48)50(52(46)49)39-23-12-22-38(34-39)43-30-13-20-36-18-4-6-24-40(36)43/h1-34H. The molecular weight excluding hydrogens is 625 g/mol. The maximum atomic E-state index is 2.40. The fourth-order valence-corrected chi connectivity index (χ4v) is 8.39. The van der Waals surface area contributed by atoms with Gasteiger partial charge < -0.3 is 0 Å². The first-order valence-electron chi connectivity index (χ1n) is 18.0. The van der Waals surface area contributed by atoms with Gasteiger partial charge in [-0.15, -0.1) is 0 Å². The summed E-state index contributed by atoms with van der Waals surface area (Å²) in [5.74, 6) is 0. The Bertz CT molecular complexity index is 2940. The molecule has 0 atom stereocenters. The summed E-state index contributed by atoms with van der Waals surface area (Å²) < 4.78 is 0. The highest BCUT2D eigenvalue weighted by molar-refractivity contribution is 6.26. The molecule has 0 heteroatoms. The molecule has 52 heavy (non-hydrogen) atoms. The second kappa shape index (κ2) is 12.5. The first-order chi connectivity index (χ1) is 25.8. The fourth-order valence-electron chi connectivity index (χ4n) is 8.39. The molecule has 0 spiro atoms. The molecule has 242 valence electrons. The number of benzene rings is 10. The summed E-state index contributed by atoms with van der Waals surface area (Å²) in [4.78, 5) is 0. The fraction of sp³-hybridized carbons (Fsp3) is 0. The summed E-state index contributed by atoms with van der Waals surface area (Å²) in [6.07, 6.45) is 0. The lowest BCUT2D eigenvalue weighted by atomic mass is 9.81. The van der Waals surface area contributed by atoms with Crippen molar-refractivity contribution in [3.63, 3.8) is 0 Å². The molecule has 10 aromatic rings. The SMILES string of the molecule is c1ccc(-c2ccccc2-c2cccc3c(-c4cccc5ccccc45)c4ccccc4c(-c4cccc(-c5cccc6ccccc56)c4)c23)cc1. The number of hydrogen-bond donors (Lipinski definition) is 0. The van der Waals surface area contributed by atoms with Crippen molar-refractivity contribution in [2.75, 3.05) is 0 Å². The third kappa shape index (κ3) is 4.92. The molecular formula is C52H34. The topological polar surface area (TPSA) is 0 Å². The molecule has 0 heterocycles. The first-order valence-corrected chi connectivity index (χ1v) is 18.0. The Morgan fingerprint density at radius 1 is 0.212 bits per heavy atom. The van der Waals surface area contributed by atoms with Gasteiger partial charge >= 0.3 is 0 Å². The van der Waals surface area contributed by atoms with E-state index in [0.717, 1.165) is 0 Å². The first kappa shape index (κ1) is 30.1. The van der Waals surface area contributed by atoms with Gasteiger partial charge in [0.15, 0.2) is 0 Å². The van der Waals surface area contributed by atoms with Crippen LogP contribution in [-0.2, 0) is 0 Å². The monoisotopic (exact) mass is 658 g/mol. The van der Waals surface area contributed by atoms with Gasteiger partial charge in [-0.2, -0.15) is 0 Å². The van der Waals surface area contributed by atoms with Crippen LogP contribution in [0.4, 0.5) is 0 Å². The largest absolute Gasteiger partial charge is 0.0622 e. The van der Waals surface area contributed by atoms with E-state index in [1.165, 1.54) is 98.7 Å². The summed E-state index contributed by atoms with van der Waals surface area (Å²) in [6, 6.07) is 75.6. The van der Waals surface area contributed by atoms with Crippen LogP contribution in [0.25, 0.3) is 98.7 Å². The molecule has 0 amide bonds. The van der Waals surface area contributed by atoms with Crippen LogP contribution >= 0.6 is 0 Å². The van der Waals surface area contributed by atoms with E-state index in [9.17, 15) is 0 Å². The Kier molecular flexibility index (Phi) is 7.25. The molecule has 0 saturated heterocycles. The van der Waals surface area contributed by atoms with Crippen molar-refractivity contribution in [1.29, 1.82) is 0 Å². The summed E-state index contributed by atoms with van der Waals surface area (Å²) in [6.45, 7) is 0. The van der Waals surface area contributed by atoms with E-state index < -0.39 is 0 Å². The molecule has 0 nitrogen and oxygen atoms in total. The van der Waals surface area contributed by atoms with Crippen molar-refractivity contribution in [3.05, 3.63) is 206 Å². The van der Waals surface area contributed by atoms with Gasteiger partial charge in [0.25, 0.3) is 0 Å². The number of rotatable bonds is 5.